The number of imidazole rings is 1. The Bertz CT molecular complexity index is 573. The highest BCUT2D eigenvalue weighted by atomic mass is 16.5. The van der Waals surface area contributed by atoms with E-state index in [1.807, 2.05) is 29.0 Å². The highest BCUT2D eigenvalue weighted by Gasteiger charge is 2.26. The number of ether oxygens (including phenoxy) is 1. The highest BCUT2D eigenvalue weighted by Crippen LogP contribution is 2.27. The lowest BCUT2D eigenvalue weighted by atomic mass is 9.86. The minimum atomic E-state index is -0.0782. The highest BCUT2D eigenvalue weighted by molar-refractivity contribution is 5.73. The smallest absolute Gasteiger partial charge is 0.309 e. The maximum absolute atomic E-state index is 11.7. The van der Waals surface area contributed by atoms with Gasteiger partial charge < -0.3 is 9.30 Å². The summed E-state index contributed by atoms with van der Waals surface area (Å²) in [5, 5.41) is 0. The van der Waals surface area contributed by atoms with Crippen LogP contribution in [0.25, 0.3) is 0 Å². The third kappa shape index (κ3) is 2.90. The number of esters is 1. The zero-order chi connectivity index (χ0) is 13.8. The van der Waals surface area contributed by atoms with Gasteiger partial charge in [0.15, 0.2) is 0 Å². The standard InChI is InChI=1S/C16H18N2O2/c19-16(14-7-4-8-14)20-12-15-17-9-10-18(15)11-13-5-2-1-3-6-13/h1-3,5-6,9-10,14H,4,7-8,11-12H2. The van der Waals surface area contributed by atoms with Crippen LogP contribution in [-0.4, -0.2) is 15.5 Å². The minimum Gasteiger partial charge on any atom is -0.457 e. The van der Waals surface area contributed by atoms with Gasteiger partial charge in [0.05, 0.1) is 5.92 Å². The second-order valence-electron chi connectivity index (χ2n) is 5.19. The number of carbonyl (C=O) groups excluding carboxylic acids is 1. The molecule has 1 fully saturated rings. The molecule has 2 aromatic rings. The summed E-state index contributed by atoms with van der Waals surface area (Å²) in [5.74, 6) is 0.833. The summed E-state index contributed by atoms with van der Waals surface area (Å²) < 4.78 is 7.36. The zero-order valence-electron chi connectivity index (χ0n) is 11.4. The van der Waals surface area contributed by atoms with E-state index in [-0.39, 0.29) is 18.5 Å². The van der Waals surface area contributed by atoms with E-state index >= 15 is 0 Å². The Morgan fingerprint density at radius 3 is 2.80 bits per heavy atom. The molecule has 1 saturated carbocycles. The van der Waals surface area contributed by atoms with Crippen LogP contribution in [0.5, 0.6) is 0 Å². The summed E-state index contributed by atoms with van der Waals surface area (Å²) in [6.45, 7) is 1.01. The molecular weight excluding hydrogens is 252 g/mol. The van der Waals surface area contributed by atoms with Gasteiger partial charge in [-0.25, -0.2) is 4.98 Å². The first-order chi connectivity index (χ1) is 9.83. The predicted molar refractivity (Wildman–Crippen MR) is 74.9 cm³/mol. The van der Waals surface area contributed by atoms with Gasteiger partial charge in [0, 0.05) is 18.9 Å². The molecule has 1 aromatic carbocycles. The van der Waals surface area contributed by atoms with Gasteiger partial charge in [-0.1, -0.05) is 36.8 Å². The summed E-state index contributed by atoms with van der Waals surface area (Å²) in [7, 11) is 0. The van der Waals surface area contributed by atoms with Crippen LogP contribution in [0.15, 0.2) is 42.7 Å². The van der Waals surface area contributed by atoms with Gasteiger partial charge in [0.25, 0.3) is 0 Å². The van der Waals surface area contributed by atoms with Crippen LogP contribution in [0.3, 0.4) is 0 Å². The van der Waals surface area contributed by atoms with Gasteiger partial charge >= 0.3 is 5.97 Å². The van der Waals surface area contributed by atoms with Crippen LogP contribution in [0.2, 0.25) is 0 Å². The van der Waals surface area contributed by atoms with Crippen LogP contribution in [0.1, 0.15) is 30.7 Å². The number of hydrogen-bond donors (Lipinski definition) is 0. The van der Waals surface area contributed by atoms with Crippen molar-refractivity contribution in [2.45, 2.75) is 32.4 Å². The Kier molecular flexibility index (Phi) is 3.81. The summed E-state index contributed by atoms with van der Waals surface area (Å²) in [6, 6.07) is 10.2. The van der Waals surface area contributed by atoms with E-state index in [9.17, 15) is 4.79 Å². The minimum absolute atomic E-state index is 0.0782. The second-order valence-corrected chi connectivity index (χ2v) is 5.19. The molecule has 1 aromatic heterocycles. The first-order valence-corrected chi connectivity index (χ1v) is 7.03. The van der Waals surface area contributed by atoms with Crippen molar-refractivity contribution in [2.75, 3.05) is 0 Å². The van der Waals surface area contributed by atoms with Gasteiger partial charge in [-0.2, -0.15) is 0 Å². The van der Waals surface area contributed by atoms with E-state index in [2.05, 4.69) is 17.1 Å². The van der Waals surface area contributed by atoms with Gasteiger partial charge in [-0.3, -0.25) is 4.79 Å². The molecule has 0 bridgehead atoms. The monoisotopic (exact) mass is 270 g/mol. The third-order valence-corrected chi connectivity index (χ3v) is 3.78. The maximum Gasteiger partial charge on any atom is 0.309 e. The van der Waals surface area contributed by atoms with E-state index in [0.717, 1.165) is 31.6 Å². The fraction of sp³-hybridized carbons (Fsp3) is 0.375. The van der Waals surface area contributed by atoms with Crippen molar-refractivity contribution in [2.24, 2.45) is 5.92 Å². The largest absolute Gasteiger partial charge is 0.457 e. The van der Waals surface area contributed by atoms with Crippen molar-refractivity contribution in [3.05, 3.63) is 54.1 Å². The summed E-state index contributed by atoms with van der Waals surface area (Å²) in [4.78, 5) is 16.0. The molecule has 4 nitrogen and oxygen atoms in total. The van der Waals surface area contributed by atoms with Crippen LogP contribution in [0, 0.1) is 5.92 Å². The quantitative estimate of drug-likeness (QED) is 0.785. The molecule has 0 N–H and O–H groups in total. The van der Waals surface area contributed by atoms with E-state index in [0.29, 0.717) is 0 Å². The van der Waals surface area contributed by atoms with Gasteiger partial charge in [0.1, 0.15) is 12.4 Å². The molecular formula is C16H18N2O2. The fourth-order valence-corrected chi connectivity index (χ4v) is 2.30. The molecule has 0 spiro atoms. The Morgan fingerprint density at radius 2 is 2.10 bits per heavy atom. The van der Waals surface area contributed by atoms with E-state index < -0.39 is 0 Å². The Hall–Kier alpha value is -2.10. The molecule has 0 amide bonds. The molecule has 0 atom stereocenters. The molecule has 20 heavy (non-hydrogen) atoms. The Morgan fingerprint density at radius 1 is 1.30 bits per heavy atom. The topological polar surface area (TPSA) is 44.1 Å². The molecule has 1 aliphatic rings. The number of hydrogen-bond acceptors (Lipinski definition) is 3. The van der Waals surface area contributed by atoms with E-state index in [1.165, 1.54) is 5.56 Å². The number of benzene rings is 1. The molecule has 0 aliphatic heterocycles. The maximum atomic E-state index is 11.7. The van der Waals surface area contributed by atoms with Crippen LogP contribution in [0.4, 0.5) is 0 Å². The number of nitrogens with zero attached hydrogens (tertiary/aromatic N) is 2. The normalized spacial score (nSPS) is 14.8. The molecule has 0 saturated heterocycles. The van der Waals surface area contributed by atoms with Crippen LogP contribution >= 0.6 is 0 Å². The number of carbonyl (C=O) groups is 1. The van der Waals surface area contributed by atoms with Crippen molar-refractivity contribution in [3.8, 4) is 0 Å². The second kappa shape index (κ2) is 5.90. The zero-order valence-corrected chi connectivity index (χ0v) is 11.4. The molecule has 1 aliphatic carbocycles. The average Bonchev–Trinajstić information content (AvgIpc) is 2.83. The van der Waals surface area contributed by atoms with Gasteiger partial charge in [-0.05, 0) is 18.4 Å². The predicted octanol–water partition coefficient (Wildman–Crippen LogP) is 2.77. The lowest BCUT2D eigenvalue weighted by Gasteiger charge is -2.23. The van der Waals surface area contributed by atoms with Crippen molar-refractivity contribution in [1.29, 1.82) is 0 Å². The molecule has 1 heterocycles. The Labute approximate surface area is 118 Å². The van der Waals surface area contributed by atoms with Crippen molar-refractivity contribution >= 4 is 5.97 Å². The first kappa shape index (κ1) is 12.9. The van der Waals surface area contributed by atoms with Crippen molar-refractivity contribution in [1.82, 2.24) is 9.55 Å². The summed E-state index contributed by atoms with van der Waals surface area (Å²) in [6.07, 6.45) is 6.74. The van der Waals surface area contributed by atoms with E-state index in [1.54, 1.807) is 6.20 Å². The SMILES string of the molecule is O=C(OCc1nccn1Cc1ccccc1)C1CCC1. The van der Waals surface area contributed by atoms with Crippen molar-refractivity contribution in [3.63, 3.8) is 0 Å². The average molecular weight is 270 g/mol. The Balaban J connectivity index is 1.60. The molecule has 0 unspecified atom stereocenters. The summed E-state index contributed by atoms with van der Waals surface area (Å²) in [5.41, 5.74) is 1.21. The van der Waals surface area contributed by atoms with Crippen LogP contribution in [-0.2, 0) is 22.7 Å². The molecule has 3 rings (SSSR count). The lowest BCUT2D eigenvalue weighted by molar-refractivity contribution is -0.153. The molecule has 0 radical (unpaired) electrons. The number of aromatic nitrogens is 2. The molecule has 4 heteroatoms. The summed E-state index contributed by atoms with van der Waals surface area (Å²) >= 11 is 0. The number of rotatable bonds is 5. The fourth-order valence-electron chi connectivity index (χ4n) is 2.30. The van der Waals surface area contributed by atoms with Crippen molar-refractivity contribution < 1.29 is 9.53 Å². The first-order valence-electron chi connectivity index (χ1n) is 7.03. The van der Waals surface area contributed by atoms with Crippen LogP contribution < -0.4 is 0 Å². The third-order valence-electron chi connectivity index (χ3n) is 3.78. The lowest BCUT2D eigenvalue weighted by Crippen LogP contribution is -2.24. The van der Waals surface area contributed by atoms with Gasteiger partial charge in [0.2, 0.25) is 0 Å². The van der Waals surface area contributed by atoms with E-state index in [4.69, 9.17) is 4.74 Å². The van der Waals surface area contributed by atoms with Gasteiger partial charge in [-0.15, -0.1) is 0 Å². The molecule has 104 valence electrons.